The molecule has 0 spiro atoms. The average molecular weight is 478 g/mol. The number of aliphatic hydroxyl groups is 1. The smallest absolute Gasteiger partial charge is 0.454 e. The minimum Gasteiger partial charge on any atom is -0.454 e. The van der Waals surface area contributed by atoms with E-state index in [-0.39, 0.29) is 0 Å². The number of benzene rings is 1. The van der Waals surface area contributed by atoms with Crippen LogP contribution in [-0.2, 0) is 10.3 Å². The largest absolute Gasteiger partial charge is 0.487 e. The number of nitrogens with zero attached hydrogens (tertiary/aromatic N) is 2. The Morgan fingerprint density at radius 1 is 1.21 bits per heavy atom. The van der Waals surface area contributed by atoms with Gasteiger partial charge in [0.1, 0.15) is 5.60 Å². The summed E-state index contributed by atoms with van der Waals surface area (Å²) in [6, 6.07) is 9.90. The second-order valence-corrected chi connectivity index (χ2v) is 10.2. The number of fused-ring (bicyclic) bond motifs is 1. The van der Waals surface area contributed by atoms with Crippen molar-refractivity contribution in [3.63, 3.8) is 0 Å². The van der Waals surface area contributed by atoms with Gasteiger partial charge in [-0.1, -0.05) is 41.9 Å². The van der Waals surface area contributed by atoms with Crippen molar-refractivity contribution in [2.75, 3.05) is 6.61 Å². The molecular weight excluding hydrogens is 453 g/mol. The molecule has 34 heavy (non-hydrogen) atoms. The highest BCUT2D eigenvalue weighted by Crippen LogP contribution is 2.42. The van der Waals surface area contributed by atoms with Crippen molar-refractivity contribution in [1.82, 2.24) is 15.0 Å². The second kappa shape index (κ2) is 7.68. The number of pyridine rings is 1. The van der Waals surface area contributed by atoms with Crippen molar-refractivity contribution < 1.29 is 19.5 Å². The van der Waals surface area contributed by atoms with Crippen molar-refractivity contribution in [2.24, 2.45) is 0 Å². The summed E-state index contributed by atoms with van der Waals surface area (Å²) >= 11 is 6.58. The quantitative estimate of drug-likeness (QED) is 0.479. The number of rotatable bonds is 4. The summed E-state index contributed by atoms with van der Waals surface area (Å²) in [4.78, 5) is 12.4. The normalized spacial score (nSPS) is 23.7. The topological polar surface area (TPSA) is 100 Å². The van der Waals surface area contributed by atoms with Crippen LogP contribution in [0.1, 0.15) is 45.1 Å². The first-order valence-electron chi connectivity index (χ1n) is 11.5. The molecule has 3 aromatic rings. The van der Waals surface area contributed by atoms with E-state index in [2.05, 4.69) is 9.97 Å². The second-order valence-electron chi connectivity index (χ2n) is 9.75. The van der Waals surface area contributed by atoms with Crippen LogP contribution in [-0.4, -0.2) is 44.4 Å². The molecule has 1 fully saturated rings. The third-order valence-corrected chi connectivity index (χ3v) is 7.75. The van der Waals surface area contributed by atoms with E-state index in [1.807, 2.05) is 44.2 Å². The highest BCUT2D eigenvalue weighted by molar-refractivity contribution is 6.53. The first-order chi connectivity index (χ1) is 16.2. The van der Waals surface area contributed by atoms with Crippen LogP contribution in [0.25, 0.3) is 22.4 Å². The van der Waals surface area contributed by atoms with E-state index in [9.17, 15) is 10.1 Å². The lowest BCUT2D eigenvalue weighted by Gasteiger charge is -2.37. The fraction of sp³-hybridized carbons (Fsp3) is 0.360. The van der Waals surface area contributed by atoms with Gasteiger partial charge in [-0.25, -0.2) is 4.98 Å². The Labute approximate surface area is 202 Å². The molecule has 6 rings (SSSR count). The van der Waals surface area contributed by atoms with Gasteiger partial charge in [0.05, 0.1) is 28.4 Å². The number of aromatic amines is 1. The maximum Gasteiger partial charge on any atom is 0.487 e. The van der Waals surface area contributed by atoms with E-state index >= 15 is 0 Å². The summed E-state index contributed by atoms with van der Waals surface area (Å²) in [6.07, 6.45) is 5.18. The lowest BCUT2D eigenvalue weighted by atomic mass is 9.68. The third-order valence-electron chi connectivity index (χ3n) is 7.46. The molecule has 2 aromatic heterocycles. The Balaban J connectivity index is 1.28. The molecule has 0 radical (unpaired) electrons. The Bertz CT molecular complexity index is 1360. The number of halogens is 1. The van der Waals surface area contributed by atoms with Crippen molar-refractivity contribution in [3.8, 4) is 17.3 Å². The summed E-state index contributed by atoms with van der Waals surface area (Å²) in [5.74, 6) is 0. The Morgan fingerprint density at radius 2 is 1.97 bits per heavy atom. The van der Waals surface area contributed by atoms with Crippen LogP contribution in [0.2, 0.25) is 5.02 Å². The number of nitrogens with one attached hydrogen (secondary N) is 1. The molecule has 174 valence electrons. The van der Waals surface area contributed by atoms with Crippen LogP contribution in [0, 0.1) is 0 Å². The molecule has 1 aliphatic heterocycles. The maximum atomic E-state index is 10.6. The van der Waals surface area contributed by atoms with E-state index in [0.717, 1.165) is 47.0 Å². The van der Waals surface area contributed by atoms with E-state index in [1.165, 1.54) is 0 Å². The molecule has 7 nitrogen and oxygen atoms in total. The van der Waals surface area contributed by atoms with Gasteiger partial charge < -0.3 is 24.5 Å². The van der Waals surface area contributed by atoms with Crippen molar-refractivity contribution in [2.45, 2.75) is 50.7 Å². The number of H-pyrrole nitrogens is 1. The summed E-state index contributed by atoms with van der Waals surface area (Å²) in [6.45, 7) is 4.40. The third kappa shape index (κ3) is 3.48. The molecule has 2 aliphatic carbocycles. The van der Waals surface area contributed by atoms with Gasteiger partial charge in [-0.3, -0.25) is 0 Å². The summed E-state index contributed by atoms with van der Waals surface area (Å²) in [7, 11) is -0.891. The van der Waals surface area contributed by atoms with Gasteiger partial charge in [0.25, 0.3) is 6.01 Å². The maximum absolute atomic E-state index is 10.6. The molecule has 9 heteroatoms. The van der Waals surface area contributed by atoms with Gasteiger partial charge in [-0.2, -0.15) is 4.98 Å². The molecular formula is C25H25BClN3O4. The van der Waals surface area contributed by atoms with Crippen LogP contribution < -0.4 is 4.74 Å². The zero-order valence-electron chi connectivity index (χ0n) is 19.1. The predicted octanol–water partition coefficient (Wildman–Crippen LogP) is 4.48. The van der Waals surface area contributed by atoms with Gasteiger partial charge in [0.2, 0.25) is 0 Å². The number of hydrogen-bond acceptors (Lipinski definition) is 6. The van der Waals surface area contributed by atoms with E-state index in [0.29, 0.717) is 40.9 Å². The molecule has 3 N–H and O–H groups in total. The predicted molar refractivity (Wildman–Crippen MR) is 130 cm³/mol. The number of imidazole rings is 1. The van der Waals surface area contributed by atoms with Crippen LogP contribution in [0.15, 0.2) is 53.0 Å². The Kier molecular flexibility index (Phi) is 4.94. The molecule has 3 heterocycles. The minimum absolute atomic E-state index is 0.339. The van der Waals surface area contributed by atoms with Gasteiger partial charge in [-0.05, 0) is 61.4 Å². The molecule has 0 saturated heterocycles. The zero-order chi connectivity index (χ0) is 23.7. The van der Waals surface area contributed by atoms with Crippen LogP contribution >= 0.6 is 11.6 Å². The molecule has 1 aromatic carbocycles. The lowest BCUT2D eigenvalue weighted by molar-refractivity contribution is -0.0387. The van der Waals surface area contributed by atoms with Crippen molar-refractivity contribution >= 4 is 29.9 Å². The number of ether oxygens (including phenoxy) is 1. The van der Waals surface area contributed by atoms with E-state index in [1.54, 1.807) is 6.07 Å². The highest BCUT2D eigenvalue weighted by atomic mass is 35.5. The Hall–Kier alpha value is -2.65. The van der Waals surface area contributed by atoms with Gasteiger partial charge in [0.15, 0.2) is 5.65 Å². The summed E-state index contributed by atoms with van der Waals surface area (Å²) in [5.41, 5.74) is 5.11. The SMILES string of the molecule is CC1=CC2=C(CC1(C)Oc1nc3nc(-c4ccc(C5(O)CCC5)cc4)c(Cl)cc3[nH]1)B(O)OC2. The van der Waals surface area contributed by atoms with Crippen molar-refractivity contribution in [1.29, 1.82) is 0 Å². The number of aromatic nitrogens is 3. The van der Waals surface area contributed by atoms with Crippen LogP contribution in [0.5, 0.6) is 6.01 Å². The molecule has 1 saturated carbocycles. The van der Waals surface area contributed by atoms with Crippen LogP contribution in [0.4, 0.5) is 0 Å². The minimum atomic E-state index is -0.891. The van der Waals surface area contributed by atoms with Gasteiger partial charge >= 0.3 is 7.12 Å². The van der Waals surface area contributed by atoms with Crippen molar-refractivity contribution in [3.05, 3.63) is 63.6 Å². The summed E-state index contributed by atoms with van der Waals surface area (Å²) in [5, 5.41) is 21.2. The zero-order valence-corrected chi connectivity index (χ0v) is 19.8. The highest BCUT2D eigenvalue weighted by Gasteiger charge is 2.42. The van der Waals surface area contributed by atoms with Crippen LogP contribution in [0.3, 0.4) is 0 Å². The Morgan fingerprint density at radius 3 is 2.68 bits per heavy atom. The van der Waals surface area contributed by atoms with Gasteiger partial charge in [-0.15, -0.1) is 0 Å². The monoisotopic (exact) mass is 477 g/mol. The fourth-order valence-electron chi connectivity index (χ4n) is 4.99. The van der Waals surface area contributed by atoms with E-state index < -0.39 is 18.3 Å². The molecule has 1 atom stereocenters. The number of hydrogen-bond donors (Lipinski definition) is 3. The lowest BCUT2D eigenvalue weighted by Crippen LogP contribution is -2.38. The van der Waals surface area contributed by atoms with E-state index in [4.69, 9.17) is 26.0 Å². The molecule has 3 aliphatic rings. The van der Waals surface area contributed by atoms with Gasteiger partial charge in [0, 0.05) is 12.0 Å². The fourth-order valence-corrected chi connectivity index (χ4v) is 5.25. The summed E-state index contributed by atoms with van der Waals surface area (Å²) < 4.78 is 11.7. The molecule has 0 amide bonds. The average Bonchev–Trinajstić information content (AvgIpc) is 3.34. The molecule has 0 bridgehead atoms. The standard InChI is InChI=1S/C25H25BClN3O4/c1-14-10-16-13-33-26(32)18(16)12-24(14,2)34-23-28-20-11-19(27)21(29-22(20)30-23)15-4-6-17(7-5-15)25(31)8-3-9-25/h4-7,10-11,31-32H,3,8-9,12-13H2,1-2H3,(H,28,29,30). The first kappa shape index (κ1) is 21.9. The molecule has 1 unspecified atom stereocenters. The first-order valence-corrected chi connectivity index (χ1v) is 11.9.